The molecule has 0 aliphatic heterocycles. The van der Waals surface area contributed by atoms with E-state index in [4.69, 9.17) is 26.2 Å². The van der Waals surface area contributed by atoms with Crippen LogP contribution in [0.5, 0.6) is 11.5 Å². The number of benzene rings is 2. The van der Waals surface area contributed by atoms with E-state index in [9.17, 15) is 0 Å². The number of aliphatic hydroxyl groups is 1. The van der Waals surface area contributed by atoms with Crippen molar-refractivity contribution in [3.63, 3.8) is 0 Å². The van der Waals surface area contributed by atoms with E-state index in [0.717, 1.165) is 5.56 Å². The molecule has 0 fully saturated rings. The third kappa shape index (κ3) is 4.16. The van der Waals surface area contributed by atoms with E-state index in [-0.39, 0.29) is 13.2 Å². The summed E-state index contributed by atoms with van der Waals surface area (Å²) in [6.45, 7) is 0.670. The number of para-hydroxylation sites is 2. The summed E-state index contributed by atoms with van der Waals surface area (Å²) >= 11 is 5.83. The Morgan fingerprint density at radius 3 is 2.16 bits per heavy atom. The number of hydrogen-bond donors (Lipinski definition) is 1. The lowest BCUT2D eigenvalue weighted by Gasteiger charge is -2.12. The molecule has 0 amide bonds. The molecule has 0 aromatic heterocycles. The molecule has 2 rings (SSSR count). The van der Waals surface area contributed by atoms with Crippen molar-refractivity contribution in [3.05, 3.63) is 59.1 Å². The van der Waals surface area contributed by atoms with Crippen LogP contribution in [0.2, 0.25) is 5.02 Å². The molecular weight excluding hydrogens is 264 g/mol. The fourth-order valence-corrected chi connectivity index (χ4v) is 1.71. The van der Waals surface area contributed by atoms with Gasteiger partial charge in [-0.1, -0.05) is 35.9 Å². The van der Waals surface area contributed by atoms with Gasteiger partial charge in [-0.2, -0.15) is 0 Å². The van der Waals surface area contributed by atoms with Crippen molar-refractivity contribution in [2.75, 3.05) is 13.2 Å². The average Bonchev–Trinajstić information content (AvgIpc) is 2.45. The van der Waals surface area contributed by atoms with E-state index in [2.05, 4.69) is 0 Å². The zero-order valence-corrected chi connectivity index (χ0v) is 11.1. The third-order valence-corrected chi connectivity index (χ3v) is 2.76. The highest BCUT2D eigenvalue weighted by molar-refractivity contribution is 6.30. The zero-order valence-electron chi connectivity index (χ0n) is 10.4. The third-order valence-electron chi connectivity index (χ3n) is 2.51. The Bertz CT molecular complexity index is 511. The Morgan fingerprint density at radius 1 is 0.895 bits per heavy atom. The minimum atomic E-state index is -0.0223. The Balaban J connectivity index is 2.00. The molecular formula is C15H15ClO3. The SMILES string of the molecule is OCCOc1ccccc1OCc1ccc(Cl)cc1. The molecule has 100 valence electrons. The van der Waals surface area contributed by atoms with Gasteiger partial charge in [-0.25, -0.2) is 0 Å². The van der Waals surface area contributed by atoms with Gasteiger partial charge in [-0.15, -0.1) is 0 Å². The minimum absolute atomic E-state index is 0.0223. The van der Waals surface area contributed by atoms with Crippen LogP contribution in [0.3, 0.4) is 0 Å². The van der Waals surface area contributed by atoms with Crippen LogP contribution in [0.15, 0.2) is 48.5 Å². The molecule has 0 aliphatic carbocycles. The number of rotatable bonds is 6. The first-order chi connectivity index (χ1) is 9.29. The van der Waals surface area contributed by atoms with Crippen molar-refractivity contribution in [3.8, 4) is 11.5 Å². The van der Waals surface area contributed by atoms with Crippen molar-refractivity contribution in [1.29, 1.82) is 0 Å². The van der Waals surface area contributed by atoms with Crippen LogP contribution in [-0.4, -0.2) is 18.3 Å². The van der Waals surface area contributed by atoms with Crippen molar-refractivity contribution in [2.45, 2.75) is 6.61 Å². The lowest BCUT2D eigenvalue weighted by molar-refractivity contribution is 0.192. The van der Waals surface area contributed by atoms with E-state index in [1.807, 2.05) is 48.5 Å². The van der Waals surface area contributed by atoms with Crippen molar-refractivity contribution in [2.24, 2.45) is 0 Å². The fourth-order valence-electron chi connectivity index (χ4n) is 1.59. The van der Waals surface area contributed by atoms with Crippen molar-refractivity contribution < 1.29 is 14.6 Å². The van der Waals surface area contributed by atoms with Gasteiger partial charge in [0.1, 0.15) is 13.2 Å². The maximum absolute atomic E-state index is 8.77. The molecule has 0 bridgehead atoms. The molecule has 0 aliphatic rings. The Labute approximate surface area is 117 Å². The van der Waals surface area contributed by atoms with Crippen LogP contribution in [0.25, 0.3) is 0 Å². The average molecular weight is 279 g/mol. The molecule has 2 aromatic rings. The highest BCUT2D eigenvalue weighted by atomic mass is 35.5. The topological polar surface area (TPSA) is 38.7 Å². The molecule has 19 heavy (non-hydrogen) atoms. The van der Waals surface area contributed by atoms with Crippen LogP contribution in [0.1, 0.15) is 5.56 Å². The maximum Gasteiger partial charge on any atom is 0.161 e. The summed E-state index contributed by atoms with van der Waals surface area (Å²) in [5.74, 6) is 1.29. The second-order valence-electron chi connectivity index (χ2n) is 3.93. The molecule has 0 radical (unpaired) electrons. The Hall–Kier alpha value is -1.71. The number of hydrogen-bond acceptors (Lipinski definition) is 3. The monoisotopic (exact) mass is 278 g/mol. The molecule has 0 saturated heterocycles. The van der Waals surface area contributed by atoms with E-state index in [0.29, 0.717) is 23.1 Å². The van der Waals surface area contributed by atoms with Gasteiger partial charge >= 0.3 is 0 Å². The van der Waals surface area contributed by atoms with Gasteiger partial charge < -0.3 is 14.6 Å². The highest BCUT2D eigenvalue weighted by Gasteiger charge is 2.04. The fraction of sp³-hybridized carbons (Fsp3) is 0.200. The minimum Gasteiger partial charge on any atom is -0.487 e. The van der Waals surface area contributed by atoms with Crippen molar-refractivity contribution >= 4 is 11.6 Å². The van der Waals surface area contributed by atoms with Gasteiger partial charge in [0.25, 0.3) is 0 Å². The van der Waals surface area contributed by atoms with Crippen molar-refractivity contribution in [1.82, 2.24) is 0 Å². The smallest absolute Gasteiger partial charge is 0.161 e. The molecule has 0 unspecified atom stereocenters. The largest absolute Gasteiger partial charge is 0.487 e. The summed E-state index contributed by atoms with van der Waals surface area (Å²) in [7, 11) is 0. The molecule has 3 nitrogen and oxygen atoms in total. The van der Waals surface area contributed by atoms with Crippen LogP contribution in [0.4, 0.5) is 0 Å². The predicted molar refractivity (Wildman–Crippen MR) is 74.8 cm³/mol. The lowest BCUT2D eigenvalue weighted by Crippen LogP contribution is -2.04. The zero-order chi connectivity index (χ0) is 13.5. The first-order valence-electron chi connectivity index (χ1n) is 5.99. The summed E-state index contributed by atoms with van der Waals surface area (Å²) in [6.07, 6.45) is 0. The van der Waals surface area contributed by atoms with Gasteiger partial charge in [0.15, 0.2) is 11.5 Å². The first kappa shape index (κ1) is 13.7. The van der Waals surface area contributed by atoms with Crippen LogP contribution < -0.4 is 9.47 Å². The summed E-state index contributed by atoms with van der Waals surface area (Å²) in [4.78, 5) is 0. The molecule has 0 heterocycles. The number of aliphatic hydroxyl groups excluding tert-OH is 1. The van der Waals surface area contributed by atoms with Gasteiger partial charge in [0, 0.05) is 5.02 Å². The molecule has 0 saturated carbocycles. The molecule has 1 N–H and O–H groups in total. The Morgan fingerprint density at radius 2 is 1.53 bits per heavy atom. The van der Waals surface area contributed by atoms with E-state index < -0.39 is 0 Å². The normalized spacial score (nSPS) is 10.2. The van der Waals surface area contributed by atoms with Gasteiger partial charge in [0.2, 0.25) is 0 Å². The second kappa shape index (κ2) is 7.02. The second-order valence-corrected chi connectivity index (χ2v) is 4.37. The first-order valence-corrected chi connectivity index (χ1v) is 6.37. The quantitative estimate of drug-likeness (QED) is 0.881. The molecule has 2 aromatic carbocycles. The van der Waals surface area contributed by atoms with Crippen LogP contribution >= 0.6 is 11.6 Å². The predicted octanol–water partition coefficient (Wildman–Crippen LogP) is 3.29. The number of ether oxygens (including phenoxy) is 2. The maximum atomic E-state index is 8.77. The van der Waals surface area contributed by atoms with Gasteiger partial charge in [-0.3, -0.25) is 0 Å². The summed E-state index contributed by atoms with van der Waals surface area (Å²) < 4.78 is 11.1. The summed E-state index contributed by atoms with van der Waals surface area (Å²) in [6, 6.07) is 14.9. The Kier molecular flexibility index (Phi) is 5.07. The molecule has 0 spiro atoms. The summed E-state index contributed by atoms with van der Waals surface area (Å²) in [5, 5.41) is 9.48. The lowest BCUT2D eigenvalue weighted by atomic mass is 10.2. The van der Waals surface area contributed by atoms with E-state index in [1.165, 1.54) is 0 Å². The molecule has 4 heteroatoms. The number of halogens is 1. The van der Waals surface area contributed by atoms with Gasteiger partial charge in [-0.05, 0) is 29.8 Å². The standard InChI is InChI=1S/C15H15ClO3/c16-13-7-5-12(6-8-13)11-19-15-4-2-1-3-14(15)18-10-9-17/h1-8,17H,9-11H2. The van der Waals surface area contributed by atoms with Crippen LogP contribution in [-0.2, 0) is 6.61 Å². The van der Waals surface area contributed by atoms with E-state index >= 15 is 0 Å². The van der Waals surface area contributed by atoms with Crippen LogP contribution in [0, 0.1) is 0 Å². The summed E-state index contributed by atoms with van der Waals surface area (Å²) in [5.41, 5.74) is 1.03. The molecule has 0 atom stereocenters. The van der Waals surface area contributed by atoms with E-state index in [1.54, 1.807) is 0 Å². The highest BCUT2D eigenvalue weighted by Crippen LogP contribution is 2.27. The van der Waals surface area contributed by atoms with Gasteiger partial charge in [0.05, 0.1) is 6.61 Å².